The summed E-state index contributed by atoms with van der Waals surface area (Å²) in [5.41, 5.74) is 1.87. The smallest absolute Gasteiger partial charge is 0.305 e. The van der Waals surface area contributed by atoms with Gasteiger partial charge in [0.25, 0.3) is 0 Å². The van der Waals surface area contributed by atoms with E-state index in [0.717, 1.165) is 11.3 Å². The molecule has 0 aliphatic heterocycles. The standard InChI is InChI=1S/C19H24FN3O4/c1-12-16(9-17(24)21-19(3,11-27-4)10-18(25)26)13(2)23(22-12)15-7-5-14(20)6-8-15/h5-8H,9-11H2,1-4H3,(H,21,24)(H,25,26). The first kappa shape index (κ1) is 20.6. The van der Waals surface area contributed by atoms with Gasteiger partial charge in [0.05, 0.1) is 36.4 Å². The molecule has 0 saturated carbocycles. The van der Waals surface area contributed by atoms with Crippen LogP contribution >= 0.6 is 0 Å². The minimum absolute atomic E-state index is 0.0534. The van der Waals surface area contributed by atoms with Crippen LogP contribution in [0.1, 0.15) is 30.3 Å². The number of ether oxygens (including phenoxy) is 1. The van der Waals surface area contributed by atoms with Crippen molar-refractivity contribution in [2.45, 2.75) is 39.2 Å². The van der Waals surface area contributed by atoms with E-state index in [4.69, 9.17) is 9.84 Å². The van der Waals surface area contributed by atoms with Gasteiger partial charge in [-0.05, 0) is 45.0 Å². The first-order valence-electron chi connectivity index (χ1n) is 8.48. The summed E-state index contributed by atoms with van der Waals surface area (Å²) >= 11 is 0. The summed E-state index contributed by atoms with van der Waals surface area (Å²) in [6.07, 6.45) is -0.197. The number of carboxylic acids is 1. The van der Waals surface area contributed by atoms with Crippen molar-refractivity contribution >= 4 is 11.9 Å². The fraction of sp³-hybridized carbons (Fsp3) is 0.421. The Balaban J connectivity index is 2.20. The number of carbonyl (C=O) groups is 2. The van der Waals surface area contributed by atoms with E-state index in [9.17, 15) is 14.0 Å². The van der Waals surface area contributed by atoms with Crippen LogP contribution in [0, 0.1) is 19.7 Å². The maximum Gasteiger partial charge on any atom is 0.305 e. The molecule has 0 bridgehead atoms. The molecule has 0 saturated heterocycles. The van der Waals surface area contributed by atoms with E-state index < -0.39 is 11.5 Å². The van der Waals surface area contributed by atoms with Gasteiger partial charge >= 0.3 is 5.97 Å². The predicted molar refractivity (Wildman–Crippen MR) is 97.4 cm³/mol. The molecule has 1 aromatic heterocycles. The van der Waals surface area contributed by atoms with E-state index in [1.807, 2.05) is 6.92 Å². The van der Waals surface area contributed by atoms with Gasteiger partial charge in [-0.15, -0.1) is 0 Å². The van der Waals surface area contributed by atoms with Crippen LogP contribution in [0.25, 0.3) is 5.69 Å². The van der Waals surface area contributed by atoms with Crippen LogP contribution in [0.4, 0.5) is 4.39 Å². The van der Waals surface area contributed by atoms with E-state index >= 15 is 0 Å². The second kappa shape index (κ2) is 8.30. The number of aromatic nitrogens is 2. The molecule has 1 heterocycles. The molecule has 0 aliphatic rings. The average Bonchev–Trinajstić information content (AvgIpc) is 2.82. The number of amides is 1. The van der Waals surface area contributed by atoms with E-state index in [2.05, 4.69) is 10.4 Å². The lowest BCUT2D eigenvalue weighted by molar-refractivity contribution is -0.139. The largest absolute Gasteiger partial charge is 0.481 e. The second-order valence-electron chi connectivity index (χ2n) is 6.83. The lowest BCUT2D eigenvalue weighted by atomic mass is 9.98. The molecule has 8 heteroatoms. The van der Waals surface area contributed by atoms with Gasteiger partial charge in [-0.25, -0.2) is 9.07 Å². The van der Waals surface area contributed by atoms with Crippen molar-refractivity contribution in [1.29, 1.82) is 0 Å². The van der Waals surface area contributed by atoms with Gasteiger partial charge in [0.1, 0.15) is 5.82 Å². The molecule has 0 fully saturated rings. The lowest BCUT2D eigenvalue weighted by Crippen LogP contribution is -2.51. The quantitative estimate of drug-likeness (QED) is 0.735. The number of nitrogens with zero attached hydrogens (tertiary/aromatic N) is 2. The zero-order valence-corrected chi connectivity index (χ0v) is 15.9. The van der Waals surface area contributed by atoms with Crippen LogP contribution in [-0.4, -0.2) is 46.0 Å². The van der Waals surface area contributed by atoms with Gasteiger partial charge in [-0.2, -0.15) is 5.10 Å². The third-order valence-electron chi connectivity index (χ3n) is 4.30. The minimum atomic E-state index is -1.02. The van der Waals surface area contributed by atoms with Gasteiger partial charge in [0.2, 0.25) is 5.91 Å². The number of aliphatic carboxylic acids is 1. The summed E-state index contributed by atoms with van der Waals surface area (Å²) in [4.78, 5) is 23.6. The molecular weight excluding hydrogens is 353 g/mol. The van der Waals surface area contributed by atoms with Gasteiger partial charge < -0.3 is 15.2 Å². The second-order valence-corrected chi connectivity index (χ2v) is 6.83. The summed E-state index contributed by atoms with van der Waals surface area (Å²) in [6.45, 7) is 5.33. The summed E-state index contributed by atoms with van der Waals surface area (Å²) in [5, 5.41) is 16.3. The molecule has 146 valence electrons. The van der Waals surface area contributed by atoms with Crippen molar-refractivity contribution in [3.63, 3.8) is 0 Å². The number of hydrogen-bond donors (Lipinski definition) is 2. The van der Waals surface area contributed by atoms with Crippen molar-refractivity contribution in [2.75, 3.05) is 13.7 Å². The SMILES string of the molecule is COCC(C)(CC(=O)O)NC(=O)Cc1c(C)nn(-c2ccc(F)cc2)c1C. The van der Waals surface area contributed by atoms with Crippen LogP contribution < -0.4 is 5.32 Å². The highest BCUT2D eigenvalue weighted by Crippen LogP contribution is 2.19. The highest BCUT2D eigenvalue weighted by Gasteiger charge is 2.30. The Morgan fingerprint density at radius 3 is 2.48 bits per heavy atom. The average molecular weight is 377 g/mol. The molecule has 2 N–H and O–H groups in total. The number of halogens is 1. The van der Waals surface area contributed by atoms with Crippen LogP contribution in [0.5, 0.6) is 0 Å². The van der Waals surface area contributed by atoms with E-state index in [1.54, 1.807) is 30.7 Å². The minimum Gasteiger partial charge on any atom is -0.481 e. The maximum absolute atomic E-state index is 13.1. The number of carboxylic acid groups (broad SMARTS) is 1. The Bertz CT molecular complexity index is 832. The van der Waals surface area contributed by atoms with E-state index in [1.165, 1.54) is 19.2 Å². The summed E-state index contributed by atoms with van der Waals surface area (Å²) < 4.78 is 19.8. The summed E-state index contributed by atoms with van der Waals surface area (Å²) in [7, 11) is 1.45. The van der Waals surface area contributed by atoms with Crippen molar-refractivity contribution in [1.82, 2.24) is 15.1 Å². The third-order valence-corrected chi connectivity index (χ3v) is 4.30. The number of rotatable bonds is 8. The summed E-state index contributed by atoms with van der Waals surface area (Å²) in [6, 6.07) is 5.92. The molecule has 0 radical (unpaired) electrons. The number of methoxy groups -OCH3 is 1. The van der Waals surface area contributed by atoms with Crippen LogP contribution in [0.2, 0.25) is 0 Å². The molecule has 0 spiro atoms. The zero-order chi connectivity index (χ0) is 20.2. The van der Waals surface area contributed by atoms with E-state index in [0.29, 0.717) is 11.4 Å². The number of aryl methyl sites for hydroxylation is 1. The monoisotopic (exact) mass is 377 g/mol. The lowest BCUT2D eigenvalue weighted by Gasteiger charge is -2.28. The van der Waals surface area contributed by atoms with Crippen LogP contribution in [-0.2, 0) is 20.7 Å². The molecule has 1 atom stereocenters. The fourth-order valence-corrected chi connectivity index (χ4v) is 3.09. The fourth-order valence-electron chi connectivity index (χ4n) is 3.09. The topological polar surface area (TPSA) is 93.4 Å². The molecule has 27 heavy (non-hydrogen) atoms. The Hall–Kier alpha value is -2.74. The number of nitrogens with one attached hydrogen (secondary N) is 1. The van der Waals surface area contributed by atoms with Crippen molar-refractivity contribution in [3.8, 4) is 5.69 Å². The van der Waals surface area contributed by atoms with Crippen molar-refractivity contribution in [3.05, 3.63) is 47.0 Å². The first-order chi connectivity index (χ1) is 12.6. The summed E-state index contributed by atoms with van der Waals surface area (Å²) in [5.74, 6) is -1.68. The highest BCUT2D eigenvalue weighted by atomic mass is 19.1. The number of benzene rings is 1. The van der Waals surface area contributed by atoms with E-state index in [-0.39, 0.29) is 31.2 Å². The predicted octanol–water partition coefficient (Wildman–Crippen LogP) is 2.17. The molecule has 2 aromatic rings. The molecule has 2 rings (SSSR count). The Kier molecular flexibility index (Phi) is 6.32. The molecule has 1 unspecified atom stereocenters. The highest BCUT2D eigenvalue weighted by molar-refractivity contribution is 5.81. The maximum atomic E-state index is 13.1. The first-order valence-corrected chi connectivity index (χ1v) is 8.48. The Labute approximate surface area is 157 Å². The Morgan fingerprint density at radius 1 is 1.30 bits per heavy atom. The molecule has 1 amide bonds. The Morgan fingerprint density at radius 2 is 1.93 bits per heavy atom. The normalized spacial score (nSPS) is 13.2. The van der Waals surface area contributed by atoms with Gasteiger partial charge in [0.15, 0.2) is 0 Å². The molecular formula is C19H24FN3O4. The van der Waals surface area contributed by atoms with Gasteiger partial charge in [-0.3, -0.25) is 9.59 Å². The van der Waals surface area contributed by atoms with Gasteiger partial charge in [-0.1, -0.05) is 0 Å². The van der Waals surface area contributed by atoms with Crippen molar-refractivity contribution in [2.24, 2.45) is 0 Å². The third kappa shape index (κ3) is 5.13. The molecule has 1 aromatic carbocycles. The number of hydrogen-bond acceptors (Lipinski definition) is 4. The number of carbonyl (C=O) groups excluding carboxylic acids is 1. The van der Waals surface area contributed by atoms with Gasteiger partial charge in [0, 0.05) is 18.4 Å². The molecule has 0 aliphatic carbocycles. The molecule has 7 nitrogen and oxygen atoms in total. The van der Waals surface area contributed by atoms with Crippen LogP contribution in [0.15, 0.2) is 24.3 Å². The van der Waals surface area contributed by atoms with Crippen LogP contribution in [0.3, 0.4) is 0 Å². The van der Waals surface area contributed by atoms with Crippen molar-refractivity contribution < 1.29 is 23.8 Å². The zero-order valence-electron chi connectivity index (χ0n) is 15.9.